The number of carbonyl (C=O) groups is 1. The summed E-state index contributed by atoms with van der Waals surface area (Å²) in [6.45, 7) is 3.88. The number of primary amides is 1. The van der Waals surface area contributed by atoms with E-state index >= 15 is 0 Å². The summed E-state index contributed by atoms with van der Waals surface area (Å²) in [4.78, 5) is 12.6. The Morgan fingerprint density at radius 3 is 2.55 bits per heavy atom. The van der Waals surface area contributed by atoms with Crippen LogP contribution in [0, 0.1) is 17.1 Å². The largest absolute Gasteiger partial charge is 0.491 e. The molecule has 2 aromatic rings. The Morgan fingerprint density at radius 2 is 2.00 bits per heavy atom. The highest BCUT2D eigenvalue weighted by atomic mass is 19.1. The number of likely N-dealkylation sites (N-methyl/N-ethyl adjacent to an activating group) is 1. The van der Waals surface area contributed by atoms with Gasteiger partial charge in [-0.3, -0.25) is 4.79 Å². The molecule has 0 unspecified atom stereocenters. The molecule has 0 spiro atoms. The van der Waals surface area contributed by atoms with E-state index in [0.717, 1.165) is 11.1 Å². The third-order valence-electron chi connectivity index (χ3n) is 5.80. The van der Waals surface area contributed by atoms with Crippen LogP contribution >= 0.6 is 0 Å². The molecule has 2 aromatic carbocycles. The lowest BCUT2D eigenvalue weighted by Crippen LogP contribution is -2.56. The van der Waals surface area contributed by atoms with Crippen molar-refractivity contribution >= 4 is 5.91 Å². The molecule has 1 aliphatic rings. The van der Waals surface area contributed by atoms with Gasteiger partial charge in [0.05, 0.1) is 17.7 Å². The summed E-state index contributed by atoms with van der Waals surface area (Å²) < 4.78 is 19.6. The van der Waals surface area contributed by atoms with Gasteiger partial charge in [0.2, 0.25) is 5.91 Å². The summed E-state index contributed by atoms with van der Waals surface area (Å²) in [5.41, 5.74) is 7.09. The molecule has 3 atom stereocenters. The maximum atomic E-state index is 13.6. The maximum absolute atomic E-state index is 13.6. The highest BCUT2D eigenvalue weighted by Gasteiger charge is 2.53. The van der Waals surface area contributed by atoms with Gasteiger partial charge < -0.3 is 15.8 Å². The number of nitrogens with two attached hydrogens (primary N) is 1. The molecule has 6 heteroatoms. The van der Waals surface area contributed by atoms with Crippen LogP contribution in [-0.4, -0.2) is 24.6 Å². The normalized spacial score (nSPS) is 23.7. The first-order valence-electron chi connectivity index (χ1n) is 9.77. The van der Waals surface area contributed by atoms with Crippen molar-refractivity contribution in [3.8, 4) is 11.8 Å². The first-order chi connectivity index (χ1) is 13.8. The average Bonchev–Trinajstić information content (AvgIpc) is 3.09. The highest BCUT2D eigenvalue weighted by Crippen LogP contribution is 2.53. The molecule has 0 heterocycles. The topological polar surface area (TPSA) is 88.1 Å². The van der Waals surface area contributed by atoms with E-state index in [9.17, 15) is 14.4 Å². The minimum absolute atomic E-state index is 0.0439. The Balaban J connectivity index is 2.18. The molecule has 0 aliphatic heterocycles. The minimum Gasteiger partial charge on any atom is -0.491 e. The van der Waals surface area contributed by atoms with Gasteiger partial charge in [-0.05, 0) is 81.1 Å². The van der Waals surface area contributed by atoms with Gasteiger partial charge in [0, 0.05) is 5.92 Å². The van der Waals surface area contributed by atoms with E-state index < -0.39 is 11.4 Å². The number of amides is 1. The maximum Gasteiger partial charge on any atom is 0.238 e. The fraction of sp³-hybridized carbons (Fsp3) is 0.391. The van der Waals surface area contributed by atoms with Crippen LogP contribution in [0.1, 0.15) is 55.2 Å². The van der Waals surface area contributed by atoms with Crippen molar-refractivity contribution in [3.63, 3.8) is 0 Å². The zero-order chi connectivity index (χ0) is 21.2. The number of nitrogens with one attached hydrogen (secondary N) is 1. The van der Waals surface area contributed by atoms with Crippen LogP contribution in [0.2, 0.25) is 0 Å². The zero-order valence-electron chi connectivity index (χ0n) is 16.9. The Morgan fingerprint density at radius 1 is 1.31 bits per heavy atom. The fourth-order valence-corrected chi connectivity index (χ4v) is 4.52. The van der Waals surface area contributed by atoms with Crippen LogP contribution in [0.3, 0.4) is 0 Å². The smallest absolute Gasteiger partial charge is 0.238 e. The van der Waals surface area contributed by atoms with Crippen molar-refractivity contribution in [2.24, 2.45) is 5.73 Å². The predicted molar refractivity (Wildman–Crippen MR) is 109 cm³/mol. The number of ether oxygens (including phenoxy) is 1. The zero-order valence-corrected chi connectivity index (χ0v) is 16.9. The molecule has 1 amide bonds. The van der Waals surface area contributed by atoms with Gasteiger partial charge in [0.25, 0.3) is 0 Å². The fourth-order valence-electron chi connectivity index (χ4n) is 4.52. The molecule has 1 fully saturated rings. The van der Waals surface area contributed by atoms with Gasteiger partial charge in [0.15, 0.2) is 0 Å². The Bertz CT molecular complexity index is 936. The molecule has 1 aliphatic carbocycles. The number of benzene rings is 2. The number of rotatable bonds is 6. The molecular formula is C23H26FN3O2. The van der Waals surface area contributed by atoms with E-state index in [4.69, 9.17) is 10.5 Å². The standard InChI is InChI=1S/C23H26FN3O2/c1-14(2)29-20-9-4-15(13-25)12-19(20)18-10-11-23(27-3,22(26)28)21(18)16-5-7-17(24)8-6-16/h4-9,12,14,18,21,27H,10-11H2,1-3H3,(H2,26,28)/t18-,21-,23+/m1/s1. The van der Waals surface area contributed by atoms with Crippen molar-refractivity contribution in [3.05, 3.63) is 65.0 Å². The van der Waals surface area contributed by atoms with Crippen LogP contribution in [0.4, 0.5) is 4.39 Å². The molecule has 0 bridgehead atoms. The van der Waals surface area contributed by atoms with Crippen LogP contribution in [0.5, 0.6) is 5.75 Å². The second-order valence-electron chi connectivity index (χ2n) is 7.79. The lowest BCUT2D eigenvalue weighted by Gasteiger charge is -2.35. The third-order valence-corrected chi connectivity index (χ3v) is 5.80. The van der Waals surface area contributed by atoms with E-state index in [0.29, 0.717) is 24.2 Å². The second-order valence-corrected chi connectivity index (χ2v) is 7.79. The van der Waals surface area contributed by atoms with E-state index in [1.165, 1.54) is 12.1 Å². The van der Waals surface area contributed by atoms with Crippen molar-refractivity contribution in [2.45, 2.75) is 50.2 Å². The van der Waals surface area contributed by atoms with Crippen LogP contribution in [-0.2, 0) is 4.79 Å². The Hall–Kier alpha value is -2.91. The summed E-state index contributed by atoms with van der Waals surface area (Å²) in [6, 6.07) is 13.7. The molecule has 152 valence electrons. The lowest BCUT2D eigenvalue weighted by atomic mass is 9.75. The summed E-state index contributed by atoms with van der Waals surface area (Å²) >= 11 is 0. The molecule has 0 aromatic heterocycles. The number of nitrogens with zero attached hydrogens (tertiary/aromatic N) is 1. The third kappa shape index (κ3) is 3.83. The SMILES string of the molecule is CN[C@@]1(C(N)=O)CC[C@H](c2cc(C#N)ccc2OC(C)C)[C@H]1c1ccc(F)cc1. The number of halogens is 1. The van der Waals surface area contributed by atoms with E-state index in [1.54, 1.807) is 31.3 Å². The Kier molecular flexibility index (Phi) is 5.90. The molecule has 5 nitrogen and oxygen atoms in total. The summed E-state index contributed by atoms with van der Waals surface area (Å²) in [7, 11) is 1.72. The van der Waals surface area contributed by atoms with Gasteiger partial charge in [-0.1, -0.05) is 12.1 Å². The van der Waals surface area contributed by atoms with Crippen molar-refractivity contribution in [1.29, 1.82) is 5.26 Å². The van der Waals surface area contributed by atoms with Gasteiger partial charge in [-0.15, -0.1) is 0 Å². The molecule has 29 heavy (non-hydrogen) atoms. The molecular weight excluding hydrogens is 369 g/mol. The molecule has 3 N–H and O–H groups in total. The number of nitriles is 1. The van der Waals surface area contributed by atoms with Crippen LogP contribution in [0.25, 0.3) is 0 Å². The minimum atomic E-state index is -0.972. The number of hydrogen-bond acceptors (Lipinski definition) is 4. The van der Waals surface area contributed by atoms with Gasteiger partial charge in [0.1, 0.15) is 17.1 Å². The molecule has 0 radical (unpaired) electrons. The molecule has 3 rings (SSSR count). The summed E-state index contributed by atoms with van der Waals surface area (Å²) in [5.74, 6) is -0.545. The number of hydrogen-bond donors (Lipinski definition) is 2. The molecule has 1 saturated carbocycles. The summed E-state index contributed by atoms with van der Waals surface area (Å²) in [5, 5.41) is 12.6. The first-order valence-corrected chi connectivity index (χ1v) is 9.77. The van der Waals surface area contributed by atoms with Crippen LogP contribution < -0.4 is 15.8 Å². The van der Waals surface area contributed by atoms with Crippen molar-refractivity contribution in [1.82, 2.24) is 5.32 Å². The second kappa shape index (κ2) is 8.22. The van der Waals surface area contributed by atoms with E-state index in [2.05, 4.69) is 11.4 Å². The highest BCUT2D eigenvalue weighted by molar-refractivity contribution is 5.87. The number of carbonyl (C=O) groups excluding carboxylic acids is 1. The van der Waals surface area contributed by atoms with Gasteiger partial charge in [-0.25, -0.2) is 4.39 Å². The van der Waals surface area contributed by atoms with E-state index in [-0.39, 0.29) is 23.8 Å². The lowest BCUT2D eigenvalue weighted by molar-refractivity contribution is -0.124. The van der Waals surface area contributed by atoms with Crippen molar-refractivity contribution in [2.75, 3.05) is 7.05 Å². The first kappa shape index (κ1) is 20.8. The van der Waals surface area contributed by atoms with Crippen LogP contribution in [0.15, 0.2) is 42.5 Å². The summed E-state index contributed by atoms with van der Waals surface area (Å²) in [6.07, 6.45) is 1.16. The van der Waals surface area contributed by atoms with Gasteiger partial charge in [-0.2, -0.15) is 5.26 Å². The quantitative estimate of drug-likeness (QED) is 0.782. The van der Waals surface area contributed by atoms with Crippen molar-refractivity contribution < 1.29 is 13.9 Å². The molecule has 0 saturated heterocycles. The Labute approximate surface area is 170 Å². The van der Waals surface area contributed by atoms with E-state index in [1.807, 2.05) is 19.9 Å². The average molecular weight is 395 g/mol. The monoisotopic (exact) mass is 395 g/mol. The van der Waals surface area contributed by atoms with Gasteiger partial charge >= 0.3 is 0 Å². The predicted octanol–water partition coefficient (Wildman–Crippen LogP) is 3.59.